The highest BCUT2D eigenvalue weighted by molar-refractivity contribution is 6.07. The van der Waals surface area contributed by atoms with E-state index >= 15 is 0 Å². The molecule has 1 atom stereocenters. The molecular weight excluding hydrogens is 348 g/mol. The number of rotatable bonds is 4. The third kappa shape index (κ3) is 2.68. The third-order valence-corrected chi connectivity index (χ3v) is 5.21. The molecule has 0 fully saturated rings. The highest BCUT2D eigenvalue weighted by Crippen LogP contribution is 2.30. The van der Waals surface area contributed by atoms with Gasteiger partial charge in [0.25, 0.3) is 0 Å². The Kier molecular flexibility index (Phi) is 3.79. The van der Waals surface area contributed by atoms with Crippen LogP contribution in [0.15, 0.2) is 73.1 Å². The lowest BCUT2D eigenvalue weighted by Crippen LogP contribution is -2.09. The molecular formula is C23H18N4O. The molecule has 0 spiro atoms. The zero-order valence-electron chi connectivity index (χ0n) is 15.3. The molecule has 0 bridgehead atoms. The van der Waals surface area contributed by atoms with Gasteiger partial charge in [0.15, 0.2) is 5.78 Å². The van der Waals surface area contributed by atoms with Crippen molar-refractivity contribution in [2.45, 2.75) is 12.8 Å². The first-order valence-corrected chi connectivity index (χ1v) is 9.21. The van der Waals surface area contributed by atoms with E-state index in [4.69, 9.17) is 0 Å². The summed E-state index contributed by atoms with van der Waals surface area (Å²) in [5.74, 6) is -0.119. The maximum atomic E-state index is 13.0. The van der Waals surface area contributed by atoms with Crippen LogP contribution in [-0.2, 0) is 0 Å². The number of hydrogen-bond acceptors (Lipinski definition) is 3. The second-order valence-electron chi connectivity index (χ2n) is 6.97. The lowest BCUT2D eigenvalue weighted by atomic mass is 9.95. The second-order valence-corrected chi connectivity index (χ2v) is 6.97. The number of benzene rings is 2. The van der Waals surface area contributed by atoms with E-state index in [-0.39, 0.29) is 11.7 Å². The Morgan fingerprint density at radius 3 is 2.54 bits per heavy atom. The standard InChI is InChI=1S/C23H18N4O/c1-14(15-5-3-2-4-6-15)23(28)21-12-17-11-18-20(13-19(17)25-21)26-27-22(18)16-7-9-24-10-8-16/h2-14,25H,1H3,(H,26,27)/t14-/m1/s1. The summed E-state index contributed by atoms with van der Waals surface area (Å²) in [4.78, 5) is 20.3. The van der Waals surface area contributed by atoms with Gasteiger partial charge in [0.2, 0.25) is 0 Å². The van der Waals surface area contributed by atoms with E-state index in [2.05, 4.69) is 26.2 Å². The number of H-pyrrole nitrogens is 2. The van der Waals surface area contributed by atoms with Gasteiger partial charge in [-0.2, -0.15) is 5.10 Å². The van der Waals surface area contributed by atoms with Gasteiger partial charge in [0, 0.05) is 40.2 Å². The van der Waals surface area contributed by atoms with Crippen molar-refractivity contribution in [2.75, 3.05) is 0 Å². The van der Waals surface area contributed by atoms with Crippen molar-refractivity contribution in [2.24, 2.45) is 0 Å². The maximum Gasteiger partial charge on any atom is 0.186 e. The van der Waals surface area contributed by atoms with Crippen LogP contribution in [0.4, 0.5) is 0 Å². The zero-order chi connectivity index (χ0) is 19.1. The number of carbonyl (C=O) groups is 1. The van der Waals surface area contributed by atoms with E-state index in [0.717, 1.165) is 38.6 Å². The molecule has 5 heteroatoms. The lowest BCUT2D eigenvalue weighted by molar-refractivity contribution is 0.0962. The van der Waals surface area contributed by atoms with Gasteiger partial charge in [-0.1, -0.05) is 37.3 Å². The van der Waals surface area contributed by atoms with Gasteiger partial charge >= 0.3 is 0 Å². The molecule has 0 amide bonds. The lowest BCUT2D eigenvalue weighted by Gasteiger charge is -2.09. The first-order valence-electron chi connectivity index (χ1n) is 9.21. The number of fused-ring (bicyclic) bond motifs is 2. The summed E-state index contributed by atoms with van der Waals surface area (Å²) in [7, 11) is 0. The summed E-state index contributed by atoms with van der Waals surface area (Å²) in [6, 6.07) is 19.7. The fourth-order valence-electron chi connectivity index (χ4n) is 3.63. The number of nitrogens with zero attached hydrogens (tertiary/aromatic N) is 2. The van der Waals surface area contributed by atoms with Crippen LogP contribution in [0.25, 0.3) is 33.1 Å². The van der Waals surface area contributed by atoms with Gasteiger partial charge in [-0.15, -0.1) is 0 Å². The molecule has 0 aliphatic heterocycles. The minimum atomic E-state index is -0.201. The molecule has 5 nitrogen and oxygen atoms in total. The van der Waals surface area contributed by atoms with Gasteiger partial charge in [0.1, 0.15) is 5.69 Å². The summed E-state index contributed by atoms with van der Waals surface area (Å²) >= 11 is 0. The highest BCUT2D eigenvalue weighted by Gasteiger charge is 2.19. The van der Waals surface area contributed by atoms with E-state index in [1.807, 2.05) is 61.5 Å². The third-order valence-electron chi connectivity index (χ3n) is 5.21. The Bertz CT molecular complexity index is 1290. The first kappa shape index (κ1) is 16.4. The van der Waals surface area contributed by atoms with Crippen LogP contribution < -0.4 is 0 Å². The van der Waals surface area contributed by atoms with E-state index in [1.54, 1.807) is 12.4 Å². The fraction of sp³-hybridized carbons (Fsp3) is 0.0870. The number of aromatic nitrogens is 4. The van der Waals surface area contributed by atoms with Crippen LogP contribution in [0.1, 0.15) is 28.9 Å². The van der Waals surface area contributed by atoms with Crippen LogP contribution in [0.5, 0.6) is 0 Å². The Balaban J connectivity index is 1.57. The predicted molar refractivity (Wildman–Crippen MR) is 110 cm³/mol. The van der Waals surface area contributed by atoms with Crippen LogP contribution in [0.3, 0.4) is 0 Å². The Morgan fingerprint density at radius 1 is 0.964 bits per heavy atom. The first-order chi connectivity index (χ1) is 13.7. The molecule has 3 heterocycles. The van der Waals surface area contributed by atoms with Crippen molar-refractivity contribution >= 4 is 27.6 Å². The predicted octanol–water partition coefficient (Wildman–Crippen LogP) is 5.09. The molecule has 5 aromatic rings. The SMILES string of the molecule is C[C@@H](C(=O)c1cc2cc3c(-c4ccncc4)n[nH]c3cc2[nH]1)c1ccccc1. The number of pyridine rings is 1. The molecule has 28 heavy (non-hydrogen) atoms. The monoisotopic (exact) mass is 366 g/mol. The van der Waals surface area contributed by atoms with Gasteiger partial charge in [-0.3, -0.25) is 14.9 Å². The molecule has 3 aromatic heterocycles. The Hall–Kier alpha value is -3.73. The molecule has 0 radical (unpaired) electrons. The van der Waals surface area contributed by atoms with Crippen molar-refractivity contribution in [1.82, 2.24) is 20.2 Å². The normalized spacial score (nSPS) is 12.5. The zero-order valence-corrected chi connectivity index (χ0v) is 15.3. The highest BCUT2D eigenvalue weighted by atomic mass is 16.1. The van der Waals surface area contributed by atoms with Crippen LogP contribution >= 0.6 is 0 Å². The average Bonchev–Trinajstić information content (AvgIpc) is 3.35. The summed E-state index contributed by atoms with van der Waals surface area (Å²) in [5, 5.41) is 9.57. The number of aromatic amines is 2. The number of Topliss-reactive ketones (excluding diaryl/α,β-unsaturated/α-hetero) is 1. The second kappa shape index (κ2) is 6.46. The number of carbonyl (C=O) groups excluding carboxylic acids is 1. The number of ketones is 1. The topological polar surface area (TPSA) is 74.4 Å². The molecule has 0 aliphatic rings. The minimum Gasteiger partial charge on any atom is -0.352 e. The minimum absolute atomic E-state index is 0.0820. The van der Waals surface area contributed by atoms with E-state index < -0.39 is 0 Å². The Labute approximate surface area is 161 Å². The van der Waals surface area contributed by atoms with Gasteiger partial charge in [-0.25, -0.2) is 0 Å². The molecule has 0 saturated carbocycles. The molecule has 5 rings (SSSR count). The van der Waals surface area contributed by atoms with Crippen molar-refractivity contribution in [3.8, 4) is 11.3 Å². The van der Waals surface area contributed by atoms with Crippen LogP contribution in [-0.4, -0.2) is 25.9 Å². The quantitative estimate of drug-likeness (QED) is 0.435. The summed E-state index contributed by atoms with van der Waals surface area (Å²) in [6.45, 7) is 1.94. The van der Waals surface area contributed by atoms with Gasteiger partial charge < -0.3 is 4.98 Å². The van der Waals surface area contributed by atoms with Crippen molar-refractivity contribution in [3.63, 3.8) is 0 Å². The van der Waals surface area contributed by atoms with Crippen molar-refractivity contribution in [3.05, 3.63) is 84.3 Å². The molecule has 0 saturated heterocycles. The van der Waals surface area contributed by atoms with Gasteiger partial charge in [-0.05, 0) is 35.9 Å². The van der Waals surface area contributed by atoms with E-state index in [0.29, 0.717) is 5.69 Å². The maximum absolute atomic E-state index is 13.0. The summed E-state index contributed by atoms with van der Waals surface area (Å²) in [5.41, 5.74) is 5.37. The number of nitrogens with one attached hydrogen (secondary N) is 2. The molecule has 2 aromatic carbocycles. The van der Waals surface area contributed by atoms with Crippen molar-refractivity contribution in [1.29, 1.82) is 0 Å². The Morgan fingerprint density at radius 2 is 1.75 bits per heavy atom. The van der Waals surface area contributed by atoms with Crippen LogP contribution in [0, 0.1) is 0 Å². The molecule has 2 N–H and O–H groups in total. The summed E-state index contributed by atoms with van der Waals surface area (Å²) in [6.07, 6.45) is 3.51. The van der Waals surface area contributed by atoms with Crippen LogP contribution in [0.2, 0.25) is 0 Å². The van der Waals surface area contributed by atoms with E-state index in [9.17, 15) is 4.79 Å². The van der Waals surface area contributed by atoms with Gasteiger partial charge in [0.05, 0.1) is 11.2 Å². The summed E-state index contributed by atoms with van der Waals surface area (Å²) < 4.78 is 0. The van der Waals surface area contributed by atoms with E-state index in [1.165, 1.54) is 0 Å². The molecule has 136 valence electrons. The fourth-order valence-corrected chi connectivity index (χ4v) is 3.63. The molecule has 0 unspecified atom stereocenters. The molecule has 0 aliphatic carbocycles. The largest absolute Gasteiger partial charge is 0.352 e. The smallest absolute Gasteiger partial charge is 0.186 e. The average molecular weight is 366 g/mol. The number of hydrogen-bond donors (Lipinski definition) is 2. The van der Waals surface area contributed by atoms with Crippen molar-refractivity contribution < 1.29 is 4.79 Å².